The van der Waals surface area contributed by atoms with Gasteiger partial charge in [-0.2, -0.15) is 0 Å². The molecule has 0 heterocycles. The molecule has 0 fully saturated rings. The van der Waals surface area contributed by atoms with Gasteiger partial charge in [0.2, 0.25) is 0 Å². The maximum atomic E-state index is 12.5. The van der Waals surface area contributed by atoms with Gasteiger partial charge in [-0.15, -0.1) is 0 Å². The largest absolute Gasteiger partial charge is 0.348 e. The Morgan fingerprint density at radius 1 is 1.04 bits per heavy atom. The number of hydrogen-bond acceptors (Lipinski definition) is 4. The highest BCUT2D eigenvalue weighted by Crippen LogP contribution is 2.17. The molecule has 0 radical (unpaired) electrons. The molecule has 1 amide bonds. The molecule has 7 heteroatoms. The molecule has 27 heavy (non-hydrogen) atoms. The number of rotatable bonds is 8. The van der Waals surface area contributed by atoms with Crippen LogP contribution in [0.1, 0.15) is 36.2 Å². The van der Waals surface area contributed by atoms with Crippen molar-refractivity contribution in [1.29, 1.82) is 0 Å². The summed E-state index contributed by atoms with van der Waals surface area (Å²) in [6.45, 7) is 6.42. The second-order valence-electron chi connectivity index (χ2n) is 7.03. The van der Waals surface area contributed by atoms with Crippen molar-refractivity contribution >= 4 is 21.6 Å². The molecule has 2 aromatic carbocycles. The van der Waals surface area contributed by atoms with Crippen LogP contribution in [0.25, 0.3) is 0 Å². The second kappa shape index (κ2) is 9.01. The number of carbonyl (C=O) groups excluding carboxylic acids is 1. The summed E-state index contributed by atoms with van der Waals surface area (Å²) in [4.78, 5) is 12.4. The van der Waals surface area contributed by atoms with Gasteiger partial charge in [-0.05, 0) is 55.7 Å². The quantitative estimate of drug-likeness (QED) is 0.646. The molecule has 6 nitrogen and oxygen atoms in total. The van der Waals surface area contributed by atoms with Crippen molar-refractivity contribution in [2.45, 2.75) is 38.1 Å². The molecule has 0 saturated heterocycles. The van der Waals surface area contributed by atoms with Crippen LogP contribution in [-0.2, 0) is 10.0 Å². The first-order valence-corrected chi connectivity index (χ1v) is 10.4. The minimum atomic E-state index is -3.71. The number of amides is 1. The molecule has 0 bridgehead atoms. The van der Waals surface area contributed by atoms with Crippen LogP contribution in [0.15, 0.2) is 53.4 Å². The number of benzene rings is 2. The number of nitrogens with one attached hydrogen (secondary N) is 2. The van der Waals surface area contributed by atoms with Gasteiger partial charge in [0.15, 0.2) is 0 Å². The lowest BCUT2D eigenvalue weighted by molar-refractivity contribution is 0.0933. The summed E-state index contributed by atoms with van der Waals surface area (Å²) in [6, 6.07) is 12.8. The lowest BCUT2D eigenvalue weighted by atomic mass is 10.0. The number of carbonyl (C=O) groups is 1. The Morgan fingerprint density at radius 3 is 2.15 bits per heavy atom. The number of anilines is 1. The van der Waals surface area contributed by atoms with Gasteiger partial charge < -0.3 is 11.1 Å². The van der Waals surface area contributed by atoms with Crippen molar-refractivity contribution < 1.29 is 13.2 Å². The third kappa shape index (κ3) is 6.08. The summed E-state index contributed by atoms with van der Waals surface area (Å²) >= 11 is 0. The SMILES string of the molecule is Cc1ccc(NS(=O)(=O)c2ccc(C(=O)NC(CN)CC(C)C)cc2)cc1. The maximum Gasteiger partial charge on any atom is 0.261 e. The van der Waals surface area contributed by atoms with Gasteiger partial charge in [0.25, 0.3) is 15.9 Å². The first-order chi connectivity index (χ1) is 12.7. The smallest absolute Gasteiger partial charge is 0.261 e. The van der Waals surface area contributed by atoms with Gasteiger partial charge in [-0.1, -0.05) is 31.5 Å². The van der Waals surface area contributed by atoms with E-state index in [1.54, 1.807) is 12.1 Å². The number of nitrogens with two attached hydrogens (primary N) is 1. The van der Waals surface area contributed by atoms with E-state index in [1.165, 1.54) is 24.3 Å². The van der Waals surface area contributed by atoms with Crippen LogP contribution in [0.2, 0.25) is 0 Å². The third-order valence-corrected chi connectivity index (χ3v) is 5.50. The molecule has 0 aliphatic rings. The monoisotopic (exact) mass is 389 g/mol. The molecule has 1 unspecified atom stereocenters. The third-order valence-electron chi connectivity index (χ3n) is 4.11. The fourth-order valence-electron chi connectivity index (χ4n) is 2.67. The van der Waals surface area contributed by atoms with Crippen LogP contribution < -0.4 is 15.8 Å². The molecule has 2 aromatic rings. The first kappa shape index (κ1) is 20.9. The van der Waals surface area contributed by atoms with Gasteiger partial charge in [-0.25, -0.2) is 8.42 Å². The van der Waals surface area contributed by atoms with Crippen molar-refractivity contribution in [1.82, 2.24) is 5.32 Å². The molecule has 0 saturated carbocycles. The lowest BCUT2D eigenvalue weighted by Crippen LogP contribution is -2.41. The average molecular weight is 390 g/mol. The van der Waals surface area contributed by atoms with E-state index in [9.17, 15) is 13.2 Å². The zero-order valence-electron chi connectivity index (χ0n) is 15.9. The fraction of sp³-hybridized carbons (Fsp3) is 0.350. The molecule has 0 aromatic heterocycles. The van der Waals surface area contributed by atoms with Crippen molar-refractivity contribution in [3.8, 4) is 0 Å². The Balaban J connectivity index is 2.09. The standard InChI is InChI=1S/C20H27N3O3S/c1-14(2)12-18(13-21)22-20(24)16-6-10-19(11-7-16)27(25,26)23-17-8-4-15(3)5-9-17/h4-11,14,18,23H,12-13,21H2,1-3H3,(H,22,24). The maximum absolute atomic E-state index is 12.5. The molecule has 146 valence electrons. The molecular weight excluding hydrogens is 362 g/mol. The Kier molecular flexibility index (Phi) is 6.98. The molecule has 0 spiro atoms. The van der Waals surface area contributed by atoms with Crippen LogP contribution in [0.5, 0.6) is 0 Å². The molecule has 0 aliphatic carbocycles. The van der Waals surface area contributed by atoms with E-state index < -0.39 is 10.0 Å². The van der Waals surface area contributed by atoms with Gasteiger partial charge in [-0.3, -0.25) is 9.52 Å². The van der Waals surface area contributed by atoms with Crippen molar-refractivity contribution in [3.05, 3.63) is 59.7 Å². The van der Waals surface area contributed by atoms with E-state index in [4.69, 9.17) is 5.73 Å². The van der Waals surface area contributed by atoms with Crippen LogP contribution in [-0.4, -0.2) is 26.9 Å². The van der Waals surface area contributed by atoms with E-state index in [-0.39, 0.29) is 16.8 Å². The zero-order valence-corrected chi connectivity index (χ0v) is 16.7. The van der Waals surface area contributed by atoms with Crippen LogP contribution >= 0.6 is 0 Å². The van der Waals surface area contributed by atoms with Crippen LogP contribution in [0, 0.1) is 12.8 Å². The number of hydrogen-bond donors (Lipinski definition) is 3. The predicted molar refractivity (Wildman–Crippen MR) is 108 cm³/mol. The van der Waals surface area contributed by atoms with Gasteiger partial charge in [0, 0.05) is 23.8 Å². The van der Waals surface area contributed by atoms with Crippen molar-refractivity contribution in [3.63, 3.8) is 0 Å². The predicted octanol–water partition coefficient (Wildman–Crippen LogP) is 2.90. The fourth-order valence-corrected chi connectivity index (χ4v) is 3.73. The number of aryl methyl sites for hydroxylation is 1. The summed E-state index contributed by atoms with van der Waals surface area (Å²) < 4.78 is 27.5. The van der Waals surface area contributed by atoms with E-state index in [2.05, 4.69) is 23.9 Å². The van der Waals surface area contributed by atoms with Crippen LogP contribution in [0.4, 0.5) is 5.69 Å². The molecular formula is C20H27N3O3S. The minimum Gasteiger partial charge on any atom is -0.348 e. The van der Waals surface area contributed by atoms with Crippen LogP contribution in [0.3, 0.4) is 0 Å². The average Bonchev–Trinajstić information content (AvgIpc) is 2.62. The summed E-state index contributed by atoms with van der Waals surface area (Å²) in [5.41, 5.74) is 7.63. The molecule has 0 aliphatic heterocycles. The van der Waals surface area contributed by atoms with E-state index >= 15 is 0 Å². The molecule has 4 N–H and O–H groups in total. The highest BCUT2D eigenvalue weighted by atomic mass is 32.2. The Hall–Kier alpha value is -2.38. The van der Waals surface area contributed by atoms with E-state index in [0.29, 0.717) is 23.7 Å². The van der Waals surface area contributed by atoms with Gasteiger partial charge in [0.1, 0.15) is 0 Å². The summed E-state index contributed by atoms with van der Waals surface area (Å²) in [5, 5.41) is 2.89. The first-order valence-electron chi connectivity index (χ1n) is 8.91. The van der Waals surface area contributed by atoms with Gasteiger partial charge in [0.05, 0.1) is 4.90 Å². The lowest BCUT2D eigenvalue weighted by Gasteiger charge is -2.19. The Morgan fingerprint density at radius 2 is 1.63 bits per heavy atom. The Labute approximate surface area is 161 Å². The van der Waals surface area contributed by atoms with Crippen molar-refractivity contribution in [2.75, 3.05) is 11.3 Å². The topological polar surface area (TPSA) is 101 Å². The minimum absolute atomic E-state index is 0.0946. The van der Waals surface area contributed by atoms with Gasteiger partial charge >= 0.3 is 0 Å². The second-order valence-corrected chi connectivity index (χ2v) is 8.71. The number of sulfonamides is 1. The zero-order chi connectivity index (χ0) is 20.0. The normalized spacial score (nSPS) is 12.6. The van der Waals surface area contributed by atoms with E-state index in [0.717, 1.165) is 12.0 Å². The highest BCUT2D eigenvalue weighted by molar-refractivity contribution is 7.92. The highest BCUT2D eigenvalue weighted by Gasteiger charge is 2.17. The molecule has 1 atom stereocenters. The molecule has 2 rings (SSSR count). The summed E-state index contributed by atoms with van der Waals surface area (Å²) in [5.74, 6) is 0.153. The van der Waals surface area contributed by atoms with Crippen molar-refractivity contribution in [2.24, 2.45) is 11.7 Å². The summed E-state index contributed by atoms with van der Waals surface area (Å²) in [7, 11) is -3.71. The van der Waals surface area contributed by atoms with E-state index in [1.807, 2.05) is 19.1 Å². The Bertz CT molecular complexity index is 860. The summed E-state index contributed by atoms with van der Waals surface area (Å²) in [6.07, 6.45) is 0.787.